The zero-order valence-corrected chi connectivity index (χ0v) is 9.18. The van der Waals surface area contributed by atoms with Crippen LogP contribution >= 0.6 is 0 Å². The normalized spacial score (nSPS) is 20.9. The van der Waals surface area contributed by atoms with Crippen LogP contribution in [0.2, 0.25) is 0 Å². The third-order valence-electron chi connectivity index (χ3n) is 3.86. The van der Waals surface area contributed by atoms with Crippen LogP contribution in [0.5, 0.6) is 5.75 Å². The molecule has 0 saturated heterocycles. The van der Waals surface area contributed by atoms with Gasteiger partial charge in [0.2, 0.25) is 0 Å². The number of hydrogen-bond donors (Lipinski definition) is 1. The second-order valence-corrected chi connectivity index (χ2v) is 4.82. The lowest BCUT2D eigenvalue weighted by Gasteiger charge is -2.19. The standard InChI is InChI=1S/C13H17NO/c1-9-2-3-11-10(4-7-15-11)12(9)13(8-14)5-6-13/h2-3H,4-8,14H2,1H3. The first kappa shape index (κ1) is 9.22. The summed E-state index contributed by atoms with van der Waals surface area (Å²) in [5.41, 5.74) is 10.5. The highest BCUT2D eigenvalue weighted by Crippen LogP contribution is 2.51. The van der Waals surface area contributed by atoms with Gasteiger partial charge in [-0.05, 0) is 37.0 Å². The van der Waals surface area contributed by atoms with E-state index in [2.05, 4.69) is 19.1 Å². The van der Waals surface area contributed by atoms with Crippen LogP contribution in [-0.2, 0) is 11.8 Å². The minimum Gasteiger partial charge on any atom is -0.493 e. The number of hydrogen-bond acceptors (Lipinski definition) is 2. The van der Waals surface area contributed by atoms with Crippen molar-refractivity contribution in [1.29, 1.82) is 0 Å². The molecule has 0 radical (unpaired) electrons. The molecular formula is C13H17NO. The Bertz CT molecular complexity index is 407. The van der Waals surface area contributed by atoms with Crippen molar-refractivity contribution in [2.75, 3.05) is 13.2 Å². The van der Waals surface area contributed by atoms with Crippen LogP contribution in [0.25, 0.3) is 0 Å². The molecule has 2 nitrogen and oxygen atoms in total. The Morgan fingerprint density at radius 2 is 2.20 bits per heavy atom. The summed E-state index contributed by atoms with van der Waals surface area (Å²) in [5, 5.41) is 0. The van der Waals surface area contributed by atoms with Crippen molar-refractivity contribution in [3.63, 3.8) is 0 Å². The maximum absolute atomic E-state index is 5.92. The fourth-order valence-corrected chi connectivity index (χ4v) is 2.84. The van der Waals surface area contributed by atoms with Crippen LogP contribution in [0.1, 0.15) is 29.5 Å². The van der Waals surface area contributed by atoms with Gasteiger partial charge in [0.1, 0.15) is 5.75 Å². The molecule has 1 aliphatic carbocycles. The Morgan fingerprint density at radius 1 is 1.40 bits per heavy atom. The highest BCUT2D eigenvalue weighted by Gasteiger charge is 2.46. The van der Waals surface area contributed by atoms with E-state index in [0.29, 0.717) is 5.41 Å². The quantitative estimate of drug-likeness (QED) is 0.797. The lowest BCUT2D eigenvalue weighted by Crippen LogP contribution is -2.22. The fraction of sp³-hybridized carbons (Fsp3) is 0.538. The molecule has 1 aromatic carbocycles. The first-order valence-electron chi connectivity index (χ1n) is 5.73. The molecule has 15 heavy (non-hydrogen) atoms. The summed E-state index contributed by atoms with van der Waals surface area (Å²) in [6.45, 7) is 3.82. The van der Waals surface area contributed by atoms with Crippen molar-refractivity contribution >= 4 is 0 Å². The van der Waals surface area contributed by atoms with Gasteiger partial charge < -0.3 is 10.5 Å². The van der Waals surface area contributed by atoms with E-state index >= 15 is 0 Å². The van der Waals surface area contributed by atoms with Gasteiger partial charge in [-0.1, -0.05) is 6.07 Å². The Hall–Kier alpha value is -1.02. The van der Waals surface area contributed by atoms with Crippen molar-refractivity contribution < 1.29 is 4.74 Å². The minimum absolute atomic E-state index is 0.295. The Morgan fingerprint density at radius 3 is 2.87 bits per heavy atom. The number of aryl methyl sites for hydroxylation is 1. The Kier molecular flexibility index (Phi) is 1.84. The van der Waals surface area contributed by atoms with Crippen molar-refractivity contribution in [2.24, 2.45) is 5.73 Å². The molecule has 1 aromatic rings. The Balaban J connectivity index is 2.17. The van der Waals surface area contributed by atoms with Gasteiger partial charge in [-0.15, -0.1) is 0 Å². The van der Waals surface area contributed by atoms with Crippen molar-refractivity contribution in [3.05, 3.63) is 28.8 Å². The molecule has 1 fully saturated rings. The van der Waals surface area contributed by atoms with Gasteiger partial charge in [0.15, 0.2) is 0 Å². The minimum atomic E-state index is 0.295. The van der Waals surface area contributed by atoms with E-state index in [-0.39, 0.29) is 0 Å². The molecule has 2 N–H and O–H groups in total. The van der Waals surface area contributed by atoms with E-state index in [1.54, 1.807) is 0 Å². The molecule has 1 saturated carbocycles. The number of benzene rings is 1. The van der Waals surface area contributed by atoms with Gasteiger partial charge in [0.05, 0.1) is 6.61 Å². The SMILES string of the molecule is Cc1ccc2c(c1C1(CN)CC1)CCO2. The van der Waals surface area contributed by atoms with Gasteiger partial charge >= 0.3 is 0 Å². The second-order valence-electron chi connectivity index (χ2n) is 4.82. The van der Waals surface area contributed by atoms with Crippen LogP contribution in [0.3, 0.4) is 0 Å². The lowest BCUT2D eigenvalue weighted by atomic mass is 9.86. The average Bonchev–Trinajstić information content (AvgIpc) is 2.88. The maximum Gasteiger partial charge on any atom is 0.122 e. The average molecular weight is 203 g/mol. The van der Waals surface area contributed by atoms with E-state index < -0.39 is 0 Å². The number of rotatable bonds is 2. The van der Waals surface area contributed by atoms with Gasteiger partial charge in [-0.3, -0.25) is 0 Å². The monoisotopic (exact) mass is 203 g/mol. The van der Waals surface area contributed by atoms with Crippen molar-refractivity contribution in [3.8, 4) is 5.75 Å². The van der Waals surface area contributed by atoms with Gasteiger partial charge in [0, 0.05) is 23.9 Å². The van der Waals surface area contributed by atoms with E-state index in [9.17, 15) is 0 Å². The van der Waals surface area contributed by atoms with Gasteiger partial charge in [-0.25, -0.2) is 0 Å². The molecule has 1 heterocycles. The van der Waals surface area contributed by atoms with E-state index in [1.807, 2.05) is 0 Å². The van der Waals surface area contributed by atoms with E-state index in [0.717, 1.165) is 25.3 Å². The highest BCUT2D eigenvalue weighted by molar-refractivity contribution is 5.52. The molecule has 0 amide bonds. The highest BCUT2D eigenvalue weighted by atomic mass is 16.5. The maximum atomic E-state index is 5.92. The smallest absolute Gasteiger partial charge is 0.122 e. The second kappa shape index (κ2) is 2.99. The van der Waals surface area contributed by atoms with Crippen LogP contribution < -0.4 is 10.5 Å². The molecule has 0 unspecified atom stereocenters. The summed E-state index contributed by atoms with van der Waals surface area (Å²) < 4.78 is 5.62. The summed E-state index contributed by atoms with van der Waals surface area (Å²) >= 11 is 0. The molecule has 80 valence electrons. The molecule has 3 rings (SSSR count). The summed E-state index contributed by atoms with van der Waals surface area (Å²) in [7, 11) is 0. The zero-order valence-electron chi connectivity index (χ0n) is 9.18. The van der Waals surface area contributed by atoms with E-state index in [1.165, 1.54) is 29.5 Å². The third kappa shape index (κ3) is 1.21. The molecule has 2 aliphatic rings. The third-order valence-corrected chi connectivity index (χ3v) is 3.86. The summed E-state index contributed by atoms with van der Waals surface area (Å²) in [5.74, 6) is 1.09. The molecule has 2 heteroatoms. The Labute approximate surface area is 90.4 Å². The topological polar surface area (TPSA) is 35.2 Å². The largest absolute Gasteiger partial charge is 0.493 e. The molecule has 1 aliphatic heterocycles. The first-order valence-corrected chi connectivity index (χ1v) is 5.73. The van der Waals surface area contributed by atoms with Crippen LogP contribution in [-0.4, -0.2) is 13.2 Å². The molecular weight excluding hydrogens is 186 g/mol. The van der Waals surface area contributed by atoms with Gasteiger partial charge in [-0.2, -0.15) is 0 Å². The number of nitrogens with two attached hydrogens (primary N) is 1. The summed E-state index contributed by atoms with van der Waals surface area (Å²) in [6, 6.07) is 4.28. The molecule has 0 aromatic heterocycles. The van der Waals surface area contributed by atoms with Crippen molar-refractivity contribution in [1.82, 2.24) is 0 Å². The lowest BCUT2D eigenvalue weighted by molar-refractivity contribution is 0.357. The van der Waals surface area contributed by atoms with E-state index in [4.69, 9.17) is 10.5 Å². The molecule has 0 atom stereocenters. The fourth-order valence-electron chi connectivity index (χ4n) is 2.84. The van der Waals surface area contributed by atoms with Crippen LogP contribution in [0.15, 0.2) is 12.1 Å². The zero-order chi connectivity index (χ0) is 10.5. The predicted octanol–water partition coefficient (Wildman–Crippen LogP) is 1.92. The van der Waals surface area contributed by atoms with Crippen LogP contribution in [0, 0.1) is 6.92 Å². The molecule has 0 spiro atoms. The number of fused-ring (bicyclic) bond motifs is 1. The van der Waals surface area contributed by atoms with Gasteiger partial charge in [0.25, 0.3) is 0 Å². The van der Waals surface area contributed by atoms with Crippen molar-refractivity contribution in [2.45, 2.75) is 31.6 Å². The first-order chi connectivity index (χ1) is 7.27. The predicted molar refractivity (Wildman–Crippen MR) is 60.3 cm³/mol. The number of ether oxygens (including phenoxy) is 1. The summed E-state index contributed by atoms with van der Waals surface area (Å²) in [4.78, 5) is 0. The summed E-state index contributed by atoms with van der Waals surface area (Å²) in [6.07, 6.45) is 3.57. The molecule has 0 bridgehead atoms. The van der Waals surface area contributed by atoms with Crippen LogP contribution in [0.4, 0.5) is 0 Å².